The molecule has 0 radical (unpaired) electrons. The number of hydrogen-bond acceptors (Lipinski definition) is 5. The Morgan fingerprint density at radius 3 is 1.90 bits per heavy atom. The average molecular weight is 426 g/mol. The lowest BCUT2D eigenvalue weighted by atomic mass is 9.97. The van der Waals surface area contributed by atoms with E-state index in [1.807, 2.05) is 96.9 Å². The molecular formula is C26H19NO3S. The Morgan fingerprint density at radius 1 is 0.742 bits per heavy atom. The van der Waals surface area contributed by atoms with Crippen LogP contribution in [-0.4, -0.2) is 17.7 Å². The van der Waals surface area contributed by atoms with Gasteiger partial charge < -0.3 is 13.7 Å². The third-order valence-corrected chi connectivity index (χ3v) is 6.36. The van der Waals surface area contributed by atoms with Crippen LogP contribution in [0.5, 0.6) is 0 Å². The van der Waals surface area contributed by atoms with Gasteiger partial charge in [0.15, 0.2) is 11.5 Å². The van der Waals surface area contributed by atoms with Crippen LogP contribution in [0.4, 0.5) is 0 Å². The highest BCUT2D eigenvalue weighted by molar-refractivity contribution is 8.12. The molecule has 4 aromatic rings. The number of benzene rings is 2. The monoisotopic (exact) mass is 425 g/mol. The molecule has 0 aliphatic carbocycles. The average Bonchev–Trinajstić information content (AvgIpc) is 3.57. The highest BCUT2D eigenvalue weighted by Gasteiger charge is 2.34. The van der Waals surface area contributed by atoms with Crippen molar-refractivity contribution in [1.29, 1.82) is 0 Å². The number of allylic oxidation sites excluding steroid dienone is 1. The Hall–Kier alpha value is -3.70. The Morgan fingerprint density at radius 2 is 1.32 bits per heavy atom. The maximum absolute atomic E-state index is 13.7. The molecule has 0 saturated carbocycles. The molecule has 2 aromatic carbocycles. The van der Waals surface area contributed by atoms with E-state index in [1.54, 1.807) is 12.5 Å². The lowest BCUT2D eigenvalue weighted by Crippen LogP contribution is -2.15. The number of rotatable bonds is 5. The zero-order valence-electron chi connectivity index (χ0n) is 16.8. The van der Waals surface area contributed by atoms with Crippen LogP contribution in [0, 0.1) is 0 Å². The molecule has 5 rings (SSSR count). The van der Waals surface area contributed by atoms with Crippen molar-refractivity contribution in [3.8, 4) is 0 Å². The van der Waals surface area contributed by atoms with Crippen molar-refractivity contribution in [2.75, 3.05) is 7.05 Å². The number of hydrogen-bond donors (Lipinski definition) is 0. The molecule has 0 bridgehead atoms. The Balaban J connectivity index is 1.71. The lowest BCUT2D eigenvalue weighted by molar-refractivity contribution is 0.105. The van der Waals surface area contributed by atoms with E-state index in [1.165, 1.54) is 11.8 Å². The summed E-state index contributed by atoms with van der Waals surface area (Å²) in [6, 6.07) is 26.7. The number of carbonyl (C=O) groups is 1. The van der Waals surface area contributed by atoms with E-state index in [0.29, 0.717) is 11.1 Å². The zero-order chi connectivity index (χ0) is 21.2. The fraction of sp³-hybridized carbons (Fsp3) is 0.0385. The summed E-state index contributed by atoms with van der Waals surface area (Å²) in [5.74, 6) is 1.43. The van der Waals surface area contributed by atoms with Gasteiger partial charge in [-0.2, -0.15) is 0 Å². The molecule has 4 nitrogen and oxygen atoms in total. The number of thioether (sulfide) groups is 1. The predicted molar refractivity (Wildman–Crippen MR) is 124 cm³/mol. The molecule has 0 fully saturated rings. The van der Waals surface area contributed by atoms with E-state index in [0.717, 1.165) is 32.7 Å². The molecule has 0 unspecified atom stereocenters. The maximum atomic E-state index is 13.7. The molecule has 3 heterocycles. The first-order valence-corrected chi connectivity index (χ1v) is 10.7. The van der Waals surface area contributed by atoms with Gasteiger partial charge in [-0.3, -0.25) is 4.79 Å². The van der Waals surface area contributed by atoms with Crippen LogP contribution in [0.2, 0.25) is 0 Å². The van der Waals surface area contributed by atoms with Gasteiger partial charge in [0.25, 0.3) is 0 Å². The van der Waals surface area contributed by atoms with Crippen molar-refractivity contribution in [2.45, 2.75) is 0 Å². The van der Waals surface area contributed by atoms with Crippen LogP contribution in [0.25, 0.3) is 16.2 Å². The lowest BCUT2D eigenvalue weighted by Gasteiger charge is -2.20. The molecule has 5 heteroatoms. The van der Waals surface area contributed by atoms with Crippen molar-refractivity contribution in [3.05, 3.63) is 125 Å². The minimum Gasteiger partial charge on any atom is -0.464 e. The molecule has 0 atom stereocenters. The number of Topliss-reactive ketones (excluding diaryl/α,β-unsaturated/α-hetero) is 1. The third-order valence-electron chi connectivity index (χ3n) is 5.09. The maximum Gasteiger partial charge on any atom is 0.196 e. The van der Waals surface area contributed by atoms with Crippen molar-refractivity contribution >= 4 is 33.7 Å². The first-order chi connectivity index (χ1) is 15.2. The SMILES string of the molecule is CN1C(=C(C(=O)c2ccccc2)c2ccccc2)SC(c2ccco2)=C1c1ccco1. The Labute approximate surface area is 184 Å². The topological polar surface area (TPSA) is 46.6 Å². The van der Waals surface area contributed by atoms with E-state index >= 15 is 0 Å². The highest BCUT2D eigenvalue weighted by atomic mass is 32.2. The molecule has 0 N–H and O–H groups in total. The predicted octanol–water partition coefficient (Wildman–Crippen LogP) is 6.63. The number of nitrogens with zero attached hydrogens (tertiary/aromatic N) is 1. The highest BCUT2D eigenvalue weighted by Crippen LogP contribution is 2.52. The van der Waals surface area contributed by atoms with Crippen LogP contribution in [0.15, 0.2) is 111 Å². The molecule has 152 valence electrons. The molecule has 0 amide bonds. The summed E-state index contributed by atoms with van der Waals surface area (Å²) in [5, 5.41) is 0.831. The van der Waals surface area contributed by atoms with Gasteiger partial charge in [0.1, 0.15) is 11.5 Å². The second-order valence-corrected chi connectivity index (χ2v) is 8.03. The van der Waals surface area contributed by atoms with Gasteiger partial charge in [-0.25, -0.2) is 0 Å². The van der Waals surface area contributed by atoms with Crippen LogP contribution in [0.3, 0.4) is 0 Å². The van der Waals surface area contributed by atoms with Crippen LogP contribution >= 0.6 is 11.8 Å². The van der Waals surface area contributed by atoms with E-state index < -0.39 is 0 Å². The summed E-state index contributed by atoms with van der Waals surface area (Å²) in [4.78, 5) is 16.6. The van der Waals surface area contributed by atoms with Gasteiger partial charge in [0.05, 0.1) is 28.0 Å². The fourth-order valence-corrected chi connectivity index (χ4v) is 4.93. The number of furan rings is 2. The first kappa shape index (κ1) is 19.3. The normalized spacial score (nSPS) is 15.5. The van der Waals surface area contributed by atoms with E-state index in [4.69, 9.17) is 8.83 Å². The van der Waals surface area contributed by atoms with E-state index in [9.17, 15) is 4.79 Å². The van der Waals surface area contributed by atoms with Gasteiger partial charge in [0, 0.05) is 12.6 Å². The van der Waals surface area contributed by atoms with Crippen molar-refractivity contribution in [1.82, 2.24) is 4.90 Å². The van der Waals surface area contributed by atoms with Crippen molar-refractivity contribution in [2.24, 2.45) is 0 Å². The van der Waals surface area contributed by atoms with Crippen molar-refractivity contribution in [3.63, 3.8) is 0 Å². The summed E-state index contributed by atoms with van der Waals surface area (Å²) >= 11 is 1.52. The largest absolute Gasteiger partial charge is 0.464 e. The molecule has 0 spiro atoms. The molecule has 31 heavy (non-hydrogen) atoms. The third kappa shape index (κ3) is 3.53. The molecule has 2 aromatic heterocycles. The smallest absolute Gasteiger partial charge is 0.196 e. The minimum absolute atomic E-state index is 0.0272. The number of ketones is 1. The summed E-state index contributed by atoms with van der Waals surface area (Å²) in [7, 11) is 1.96. The second kappa shape index (κ2) is 8.20. The summed E-state index contributed by atoms with van der Waals surface area (Å²) in [6.45, 7) is 0. The fourth-order valence-electron chi connectivity index (χ4n) is 3.64. The summed E-state index contributed by atoms with van der Waals surface area (Å²) in [6.07, 6.45) is 3.30. The van der Waals surface area contributed by atoms with Crippen molar-refractivity contribution < 1.29 is 13.6 Å². The molecule has 1 aliphatic heterocycles. The van der Waals surface area contributed by atoms with E-state index in [2.05, 4.69) is 0 Å². The quantitative estimate of drug-likeness (QED) is 0.265. The molecule has 0 saturated heterocycles. The van der Waals surface area contributed by atoms with Gasteiger partial charge in [0.2, 0.25) is 0 Å². The van der Waals surface area contributed by atoms with Gasteiger partial charge in [-0.05, 0) is 29.8 Å². The zero-order valence-corrected chi connectivity index (χ0v) is 17.6. The number of carbonyl (C=O) groups excluding carboxylic acids is 1. The van der Waals surface area contributed by atoms with Crippen LogP contribution < -0.4 is 0 Å². The standard InChI is InChI=1S/C26H19NO3S/c1-27-23(20-14-8-16-29-20)25(21-15-9-17-30-21)31-26(27)22(18-10-4-2-5-11-18)24(28)19-12-6-3-7-13-19/h2-17H,1H3. The first-order valence-electron chi connectivity index (χ1n) is 9.87. The van der Waals surface area contributed by atoms with Gasteiger partial charge in [-0.15, -0.1) is 0 Å². The minimum atomic E-state index is -0.0272. The summed E-state index contributed by atoms with van der Waals surface area (Å²) in [5.41, 5.74) is 3.03. The molecule has 1 aliphatic rings. The second-order valence-electron chi connectivity index (χ2n) is 7.03. The Kier molecular flexibility index (Phi) is 5.10. The Bertz CT molecular complexity index is 1250. The van der Waals surface area contributed by atoms with Crippen LogP contribution in [-0.2, 0) is 0 Å². The summed E-state index contributed by atoms with van der Waals surface area (Å²) < 4.78 is 11.5. The van der Waals surface area contributed by atoms with E-state index in [-0.39, 0.29) is 5.78 Å². The van der Waals surface area contributed by atoms with Crippen LogP contribution in [0.1, 0.15) is 27.4 Å². The van der Waals surface area contributed by atoms with Gasteiger partial charge in [-0.1, -0.05) is 72.4 Å². The van der Waals surface area contributed by atoms with Gasteiger partial charge >= 0.3 is 0 Å². The molecular weight excluding hydrogens is 406 g/mol.